The molecule has 160 valence electrons. The van der Waals surface area contributed by atoms with Crippen LogP contribution in [0.1, 0.15) is 18.4 Å². The SMILES string of the molecule is CCOc1ccc(N2CC(C(=O)Nc3nnc(CSc4ccccc4)s3)CC2=O)cc1. The Bertz CT molecular complexity index is 1040. The third-order valence-corrected chi connectivity index (χ3v) is 6.80. The standard InChI is InChI=1S/C22H22N4O3S2/c1-2-29-17-10-8-16(9-11-17)26-13-15(12-20(26)27)21(28)23-22-25-24-19(31-22)14-30-18-6-4-3-5-7-18/h3-11,15H,2,12-14H2,1H3,(H,23,25,28). The second-order valence-corrected chi connectivity index (χ2v) is 9.04. The van der Waals surface area contributed by atoms with Crippen LogP contribution in [0.4, 0.5) is 10.8 Å². The molecule has 2 heterocycles. The van der Waals surface area contributed by atoms with Gasteiger partial charge in [0.2, 0.25) is 16.9 Å². The van der Waals surface area contributed by atoms with Crippen LogP contribution in [0.5, 0.6) is 5.75 Å². The number of benzene rings is 2. The smallest absolute Gasteiger partial charge is 0.231 e. The lowest BCUT2D eigenvalue weighted by Gasteiger charge is -2.17. The summed E-state index contributed by atoms with van der Waals surface area (Å²) < 4.78 is 5.44. The average Bonchev–Trinajstić information content (AvgIpc) is 3.40. The van der Waals surface area contributed by atoms with Crippen molar-refractivity contribution in [2.24, 2.45) is 5.92 Å². The molecule has 1 N–H and O–H groups in total. The Balaban J connectivity index is 1.32. The lowest BCUT2D eigenvalue weighted by atomic mass is 10.1. The van der Waals surface area contributed by atoms with Gasteiger partial charge in [-0.25, -0.2) is 0 Å². The zero-order chi connectivity index (χ0) is 21.6. The van der Waals surface area contributed by atoms with Gasteiger partial charge in [0.25, 0.3) is 0 Å². The van der Waals surface area contributed by atoms with Crippen molar-refractivity contribution in [2.45, 2.75) is 24.0 Å². The first-order valence-electron chi connectivity index (χ1n) is 9.96. The van der Waals surface area contributed by atoms with E-state index in [1.54, 1.807) is 16.7 Å². The number of rotatable bonds is 8. The van der Waals surface area contributed by atoms with E-state index in [0.717, 1.165) is 21.3 Å². The van der Waals surface area contributed by atoms with Crippen LogP contribution in [0.2, 0.25) is 0 Å². The molecule has 1 saturated heterocycles. The number of carbonyl (C=O) groups excluding carboxylic acids is 2. The number of nitrogens with zero attached hydrogens (tertiary/aromatic N) is 3. The summed E-state index contributed by atoms with van der Waals surface area (Å²) >= 11 is 3.02. The molecule has 0 saturated carbocycles. The van der Waals surface area contributed by atoms with E-state index in [9.17, 15) is 9.59 Å². The van der Waals surface area contributed by atoms with Gasteiger partial charge < -0.3 is 15.0 Å². The molecular formula is C22H22N4O3S2. The van der Waals surface area contributed by atoms with Gasteiger partial charge >= 0.3 is 0 Å². The number of hydrogen-bond acceptors (Lipinski definition) is 7. The average molecular weight is 455 g/mol. The molecule has 4 rings (SSSR count). The summed E-state index contributed by atoms with van der Waals surface area (Å²) in [5.41, 5.74) is 0.764. The molecule has 2 aromatic carbocycles. The molecule has 1 atom stereocenters. The Morgan fingerprint density at radius 1 is 1.19 bits per heavy atom. The van der Waals surface area contributed by atoms with Gasteiger partial charge in [-0.3, -0.25) is 9.59 Å². The maximum Gasteiger partial charge on any atom is 0.231 e. The Kier molecular flexibility index (Phi) is 6.83. The van der Waals surface area contributed by atoms with Crippen LogP contribution in [0.25, 0.3) is 0 Å². The molecule has 1 unspecified atom stereocenters. The van der Waals surface area contributed by atoms with Gasteiger partial charge in [-0.15, -0.1) is 22.0 Å². The molecule has 1 aliphatic rings. The highest BCUT2D eigenvalue weighted by Crippen LogP contribution is 2.29. The van der Waals surface area contributed by atoms with E-state index in [-0.39, 0.29) is 18.2 Å². The molecule has 0 spiro atoms. The van der Waals surface area contributed by atoms with E-state index in [1.807, 2.05) is 61.5 Å². The fourth-order valence-corrected chi connectivity index (χ4v) is 4.90. The monoisotopic (exact) mass is 454 g/mol. The van der Waals surface area contributed by atoms with E-state index in [1.165, 1.54) is 11.3 Å². The van der Waals surface area contributed by atoms with E-state index in [0.29, 0.717) is 24.0 Å². The third kappa shape index (κ3) is 5.42. The number of amides is 2. The second-order valence-electron chi connectivity index (χ2n) is 6.92. The molecule has 1 aromatic heterocycles. The minimum absolute atomic E-state index is 0.0680. The largest absolute Gasteiger partial charge is 0.494 e. The lowest BCUT2D eigenvalue weighted by molar-refractivity contribution is -0.122. The predicted octanol–water partition coefficient (Wildman–Crippen LogP) is 4.22. The fourth-order valence-electron chi connectivity index (χ4n) is 3.25. The quantitative estimate of drug-likeness (QED) is 0.513. The van der Waals surface area contributed by atoms with Gasteiger partial charge in [-0.05, 0) is 43.3 Å². The molecule has 3 aromatic rings. The Labute approximate surface area is 188 Å². The summed E-state index contributed by atoms with van der Waals surface area (Å²) in [5.74, 6) is 0.738. The van der Waals surface area contributed by atoms with Crippen molar-refractivity contribution in [3.63, 3.8) is 0 Å². The Hall–Kier alpha value is -2.91. The van der Waals surface area contributed by atoms with Gasteiger partial charge in [0.05, 0.1) is 18.3 Å². The summed E-state index contributed by atoms with van der Waals surface area (Å²) in [4.78, 5) is 27.9. The van der Waals surface area contributed by atoms with Crippen molar-refractivity contribution in [1.82, 2.24) is 10.2 Å². The topological polar surface area (TPSA) is 84.4 Å². The Morgan fingerprint density at radius 2 is 1.97 bits per heavy atom. The number of hydrogen-bond donors (Lipinski definition) is 1. The highest BCUT2D eigenvalue weighted by Gasteiger charge is 2.35. The molecule has 1 aliphatic heterocycles. The highest BCUT2D eigenvalue weighted by molar-refractivity contribution is 7.98. The summed E-state index contributed by atoms with van der Waals surface area (Å²) in [7, 11) is 0. The van der Waals surface area contributed by atoms with Gasteiger partial charge in [0.15, 0.2) is 0 Å². The van der Waals surface area contributed by atoms with Crippen LogP contribution in [0.3, 0.4) is 0 Å². The van der Waals surface area contributed by atoms with Crippen molar-refractivity contribution >= 4 is 45.7 Å². The Morgan fingerprint density at radius 3 is 2.71 bits per heavy atom. The number of carbonyl (C=O) groups is 2. The minimum atomic E-state index is -0.426. The van der Waals surface area contributed by atoms with Crippen LogP contribution in [-0.2, 0) is 15.3 Å². The zero-order valence-electron chi connectivity index (χ0n) is 17.0. The number of anilines is 2. The summed E-state index contributed by atoms with van der Waals surface area (Å²) in [6.07, 6.45) is 0.175. The van der Waals surface area contributed by atoms with E-state index < -0.39 is 5.92 Å². The maximum atomic E-state index is 12.7. The first-order valence-corrected chi connectivity index (χ1v) is 11.8. The van der Waals surface area contributed by atoms with Crippen LogP contribution < -0.4 is 15.0 Å². The molecule has 7 nitrogen and oxygen atoms in total. The van der Waals surface area contributed by atoms with E-state index in [2.05, 4.69) is 15.5 Å². The first kappa shape index (κ1) is 21.3. The number of nitrogens with one attached hydrogen (secondary N) is 1. The molecule has 0 radical (unpaired) electrons. The van der Waals surface area contributed by atoms with Crippen molar-refractivity contribution in [3.05, 3.63) is 59.6 Å². The summed E-state index contributed by atoms with van der Waals surface area (Å²) in [6, 6.07) is 17.4. The molecular weight excluding hydrogens is 432 g/mol. The first-order chi connectivity index (χ1) is 15.1. The predicted molar refractivity (Wildman–Crippen MR) is 123 cm³/mol. The zero-order valence-corrected chi connectivity index (χ0v) is 18.6. The van der Waals surface area contributed by atoms with Crippen molar-refractivity contribution in [3.8, 4) is 5.75 Å². The van der Waals surface area contributed by atoms with E-state index >= 15 is 0 Å². The van der Waals surface area contributed by atoms with Crippen molar-refractivity contribution in [1.29, 1.82) is 0 Å². The number of aromatic nitrogens is 2. The van der Waals surface area contributed by atoms with Gasteiger partial charge in [-0.1, -0.05) is 29.5 Å². The third-order valence-electron chi connectivity index (χ3n) is 4.76. The minimum Gasteiger partial charge on any atom is -0.494 e. The fraction of sp³-hybridized carbons (Fsp3) is 0.273. The molecule has 1 fully saturated rings. The highest BCUT2D eigenvalue weighted by atomic mass is 32.2. The van der Waals surface area contributed by atoms with Gasteiger partial charge in [0, 0.05) is 23.5 Å². The van der Waals surface area contributed by atoms with Crippen LogP contribution in [-0.4, -0.2) is 35.2 Å². The van der Waals surface area contributed by atoms with Crippen molar-refractivity contribution < 1.29 is 14.3 Å². The van der Waals surface area contributed by atoms with Crippen LogP contribution in [0.15, 0.2) is 59.5 Å². The van der Waals surface area contributed by atoms with Crippen molar-refractivity contribution in [2.75, 3.05) is 23.4 Å². The van der Waals surface area contributed by atoms with E-state index in [4.69, 9.17) is 4.74 Å². The lowest BCUT2D eigenvalue weighted by Crippen LogP contribution is -2.28. The van der Waals surface area contributed by atoms with Gasteiger partial charge in [0.1, 0.15) is 10.8 Å². The van der Waals surface area contributed by atoms with Gasteiger partial charge in [-0.2, -0.15) is 0 Å². The molecule has 31 heavy (non-hydrogen) atoms. The molecule has 0 bridgehead atoms. The second kappa shape index (κ2) is 9.93. The maximum absolute atomic E-state index is 12.7. The molecule has 9 heteroatoms. The number of thioether (sulfide) groups is 1. The van der Waals surface area contributed by atoms with Crippen LogP contribution >= 0.6 is 23.1 Å². The summed E-state index contributed by atoms with van der Waals surface area (Å²) in [5, 5.41) is 12.3. The molecule has 0 aliphatic carbocycles. The molecule has 2 amide bonds. The normalized spacial score (nSPS) is 15.8. The summed E-state index contributed by atoms with van der Waals surface area (Å²) in [6.45, 7) is 2.85. The van der Waals surface area contributed by atoms with Crippen LogP contribution in [0, 0.1) is 5.92 Å². The number of ether oxygens (including phenoxy) is 1.